The number of nitrogens with zero attached hydrogens (tertiary/aromatic N) is 2. The summed E-state index contributed by atoms with van der Waals surface area (Å²) in [6.45, 7) is 2.01. The fourth-order valence-corrected chi connectivity index (χ4v) is 5.76. The fraction of sp³-hybridized carbons (Fsp3) is 0.261. The van der Waals surface area contributed by atoms with Gasteiger partial charge in [0.2, 0.25) is 15.9 Å². The quantitative estimate of drug-likeness (QED) is 0.576. The topological polar surface area (TPSA) is 69.7 Å². The summed E-state index contributed by atoms with van der Waals surface area (Å²) in [5.41, 5.74) is 0.803. The molecule has 1 saturated heterocycles. The van der Waals surface area contributed by atoms with Gasteiger partial charge in [-0.05, 0) is 41.3 Å². The monoisotopic (exact) mass is 455 g/mol. The number of benzene rings is 3. The number of para-hydroxylation sites is 1. The van der Waals surface area contributed by atoms with E-state index >= 15 is 0 Å². The molecule has 0 bridgehead atoms. The maximum absolute atomic E-state index is 13.1. The highest BCUT2D eigenvalue weighted by molar-refractivity contribution is 7.98. The minimum absolute atomic E-state index is 0.0904. The van der Waals surface area contributed by atoms with Crippen LogP contribution in [-0.2, 0) is 14.8 Å². The van der Waals surface area contributed by atoms with Crippen molar-refractivity contribution in [3.63, 3.8) is 0 Å². The third-order valence-corrected chi connectivity index (χ3v) is 8.13. The van der Waals surface area contributed by atoms with Gasteiger partial charge in [-0.1, -0.05) is 42.5 Å². The van der Waals surface area contributed by atoms with Crippen LogP contribution in [0.25, 0.3) is 10.8 Å². The molecule has 0 aliphatic carbocycles. The van der Waals surface area contributed by atoms with E-state index in [1.807, 2.05) is 65.8 Å². The lowest BCUT2D eigenvalue weighted by atomic mass is 10.1. The number of hydrogen-bond donors (Lipinski definition) is 1. The molecule has 1 amide bonds. The van der Waals surface area contributed by atoms with Crippen LogP contribution in [0, 0.1) is 0 Å². The molecule has 4 rings (SSSR count). The van der Waals surface area contributed by atoms with Crippen molar-refractivity contribution >= 4 is 44.2 Å². The Kier molecular flexibility index (Phi) is 6.62. The molecule has 1 heterocycles. The SMILES string of the molecule is CSc1ccccc1NC(=O)CN1CCN(S(=O)(=O)c2ccc3ccccc3c2)CC1. The van der Waals surface area contributed by atoms with Crippen molar-refractivity contribution in [1.82, 2.24) is 9.21 Å². The van der Waals surface area contributed by atoms with E-state index in [4.69, 9.17) is 0 Å². The van der Waals surface area contributed by atoms with E-state index in [0.717, 1.165) is 21.4 Å². The molecule has 0 saturated carbocycles. The molecule has 0 unspecified atom stereocenters. The number of sulfonamides is 1. The summed E-state index contributed by atoms with van der Waals surface area (Å²) in [4.78, 5) is 15.8. The molecule has 0 atom stereocenters. The van der Waals surface area contributed by atoms with Gasteiger partial charge in [-0.25, -0.2) is 8.42 Å². The number of anilines is 1. The smallest absolute Gasteiger partial charge is 0.243 e. The summed E-state index contributed by atoms with van der Waals surface area (Å²) >= 11 is 1.58. The van der Waals surface area contributed by atoms with Gasteiger partial charge < -0.3 is 5.32 Å². The number of fused-ring (bicyclic) bond motifs is 1. The lowest BCUT2D eigenvalue weighted by Gasteiger charge is -2.33. The Bertz CT molecular complexity index is 1190. The molecule has 8 heteroatoms. The molecule has 1 N–H and O–H groups in total. The highest BCUT2D eigenvalue weighted by atomic mass is 32.2. The van der Waals surface area contributed by atoms with Crippen molar-refractivity contribution < 1.29 is 13.2 Å². The van der Waals surface area contributed by atoms with Gasteiger partial charge in [0.25, 0.3) is 0 Å². The number of rotatable bonds is 6. The molecule has 1 aliphatic heterocycles. The summed E-state index contributed by atoms with van der Waals surface area (Å²) in [6.07, 6.45) is 1.97. The van der Waals surface area contributed by atoms with Gasteiger partial charge in [0, 0.05) is 31.1 Å². The van der Waals surface area contributed by atoms with Crippen LogP contribution >= 0.6 is 11.8 Å². The number of carbonyl (C=O) groups is 1. The van der Waals surface area contributed by atoms with E-state index in [0.29, 0.717) is 31.1 Å². The number of nitrogens with one attached hydrogen (secondary N) is 1. The second kappa shape index (κ2) is 9.40. The largest absolute Gasteiger partial charge is 0.324 e. The van der Waals surface area contributed by atoms with Crippen molar-refractivity contribution in [1.29, 1.82) is 0 Å². The number of amides is 1. The average Bonchev–Trinajstić information content (AvgIpc) is 2.79. The first kappa shape index (κ1) is 21.8. The Balaban J connectivity index is 1.36. The summed E-state index contributed by atoms with van der Waals surface area (Å²) in [5, 5.41) is 4.88. The molecule has 3 aromatic carbocycles. The molecule has 0 spiro atoms. The fourth-order valence-electron chi connectivity index (χ4n) is 3.75. The summed E-state index contributed by atoms with van der Waals surface area (Å²) in [5.74, 6) is -0.0904. The molecular weight excluding hydrogens is 430 g/mol. The van der Waals surface area contributed by atoms with E-state index in [1.54, 1.807) is 23.9 Å². The van der Waals surface area contributed by atoms with Gasteiger partial charge in [-0.2, -0.15) is 4.31 Å². The molecule has 1 fully saturated rings. The molecule has 3 aromatic rings. The van der Waals surface area contributed by atoms with Crippen molar-refractivity contribution in [2.24, 2.45) is 0 Å². The van der Waals surface area contributed by atoms with Crippen molar-refractivity contribution in [3.05, 3.63) is 66.7 Å². The second-order valence-corrected chi connectivity index (χ2v) is 10.2. The zero-order chi connectivity index (χ0) is 21.8. The first-order chi connectivity index (χ1) is 15.0. The van der Waals surface area contributed by atoms with Gasteiger partial charge in [-0.3, -0.25) is 9.69 Å². The number of piperazine rings is 1. The molecule has 0 aromatic heterocycles. The third kappa shape index (κ3) is 4.93. The van der Waals surface area contributed by atoms with Crippen LogP contribution < -0.4 is 5.32 Å². The van der Waals surface area contributed by atoms with E-state index in [9.17, 15) is 13.2 Å². The molecule has 0 radical (unpaired) electrons. The minimum atomic E-state index is -3.56. The zero-order valence-corrected chi connectivity index (χ0v) is 19.0. The first-order valence-electron chi connectivity index (χ1n) is 10.1. The van der Waals surface area contributed by atoms with Crippen LogP contribution in [-0.4, -0.2) is 62.5 Å². The zero-order valence-electron chi connectivity index (χ0n) is 17.3. The van der Waals surface area contributed by atoms with Gasteiger partial charge in [0.05, 0.1) is 17.1 Å². The van der Waals surface area contributed by atoms with Crippen molar-refractivity contribution in [2.45, 2.75) is 9.79 Å². The van der Waals surface area contributed by atoms with Crippen LogP contribution in [0.1, 0.15) is 0 Å². The van der Waals surface area contributed by atoms with Crippen LogP contribution in [0.4, 0.5) is 5.69 Å². The maximum Gasteiger partial charge on any atom is 0.243 e. The Morgan fingerprint density at radius 1 is 0.935 bits per heavy atom. The third-order valence-electron chi connectivity index (χ3n) is 5.44. The normalized spacial score (nSPS) is 15.8. The van der Waals surface area contributed by atoms with Crippen LogP contribution in [0.2, 0.25) is 0 Å². The van der Waals surface area contributed by atoms with Crippen molar-refractivity contribution in [3.8, 4) is 0 Å². The predicted molar refractivity (Wildman–Crippen MR) is 126 cm³/mol. The number of carbonyl (C=O) groups excluding carboxylic acids is 1. The highest BCUT2D eigenvalue weighted by Gasteiger charge is 2.29. The first-order valence-corrected chi connectivity index (χ1v) is 12.8. The highest BCUT2D eigenvalue weighted by Crippen LogP contribution is 2.25. The Morgan fingerprint density at radius 3 is 2.35 bits per heavy atom. The molecule has 1 aliphatic rings. The number of thioether (sulfide) groups is 1. The van der Waals surface area contributed by atoms with Crippen LogP contribution in [0.5, 0.6) is 0 Å². The van der Waals surface area contributed by atoms with Gasteiger partial charge >= 0.3 is 0 Å². The molecule has 31 heavy (non-hydrogen) atoms. The lowest BCUT2D eigenvalue weighted by molar-refractivity contribution is -0.117. The summed E-state index contributed by atoms with van der Waals surface area (Å²) in [7, 11) is -3.56. The maximum atomic E-state index is 13.1. The average molecular weight is 456 g/mol. The molecular formula is C23H25N3O3S2. The minimum Gasteiger partial charge on any atom is -0.324 e. The van der Waals surface area contributed by atoms with E-state index in [1.165, 1.54) is 4.31 Å². The Labute approximate surface area is 187 Å². The molecule has 162 valence electrons. The second-order valence-electron chi connectivity index (χ2n) is 7.44. The Morgan fingerprint density at radius 2 is 1.61 bits per heavy atom. The standard InChI is InChI=1S/C23H25N3O3S2/c1-30-22-9-5-4-8-21(22)24-23(27)17-25-12-14-26(15-13-25)31(28,29)20-11-10-18-6-2-3-7-19(18)16-20/h2-11,16H,12-15,17H2,1H3,(H,24,27). The van der Waals surface area contributed by atoms with E-state index in [2.05, 4.69) is 5.32 Å². The van der Waals surface area contributed by atoms with Gasteiger partial charge in [0.15, 0.2) is 0 Å². The molecule has 6 nitrogen and oxygen atoms in total. The van der Waals surface area contributed by atoms with E-state index in [-0.39, 0.29) is 12.5 Å². The lowest BCUT2D eigenvalue weighted by Crippen LogP contribution is -2.50. The van der Waals surface area contributed by atoms with Gasteiger partial charge in [0.1, 0.15) is 0 Å². The van der Waals surface area contributed by atoms with Gasteiger partial charge in [-0.15, -0.1) is 11.8 Å². The van der Waals surface area contributed by atoms with Crippen molar-refractivity contribution in [2.75, 3.05) is 44.3 Å². The summed E-state index contributed by atoms with van der Waals surface area (Å²) < 4.78 is 27.7. The van der Waals surface area contributed by atoms with Crippen LogP contribution in [0.3, 0.4) is 0 Å². The Hall–Kier alpha value is -2.39. The van der Waals surface area contributed by atoms with Crippen LogP contribution in [0.15, 0.2) is 76.5 Å². The number of hydrogen-bond acceptors (Lipinski definition) is 5. The van der Waals surface area contributed by atoms with E-state index < -0.39 is 10.0 Å². The summed E-state index contributed by atoms with van der Waals surface area (Å²) in [6, 6.07) is 20.7. The predicted octanol–water partition coefficient (Wildman–Crippen LogP) is 3.51.